The Hall–Kier alpha value is -0.610. The molecule has 4 heteroatoms. The third-order valence-corrected chi connectivity index (χ3v) is 5.70. The number of likely N-dealkylation sites (tertiary alicyclic amines) is 1. The monoisotopic (exact) mass is 266 g/mol. The maximum Gasteiger partial charge on any atom is 0.323 e. The fraction of sp³-hybridized carbons (Fsp3) is 0.933. The van der Waals surface area contributed by atoms with Gasteiger partial charge in [-0.1, -0.05) is 12.8 Å². The first kappa shape index (κ1) is 13.4. The van der Waals surface area contributed by atoms with Crippen LogP contribution in [-0.4, -0.2) is 40.1 Å². The highest BCUT2D eigenvalue weighted by atomic mass is 16.4. The van der Waals surface area contributed by atoms with Gasteiger partial charge in [-0.25, -0.2) is 0 Å². The van der Waals surface area contributed by atoms with Gasteiger partial charge in [0.05, 0.1) is 0 Å². The van der Waals surface area contributed by atoms with Crippen LogP contribution < -0.4 is 5.73 Å². The van der Waals surface area contributed by atoms with Crippen LogP contribution in [0.4, 0.5) is 0 Å². The third-order valence-electron chi connectivity index (χ3n) is 5.70. The number of carboxylic acid groups (broad SMARTS) is 1. The highest BCUT2D eigenvalue weighted by Gasteiger charge is 2.46. The minimum absolute atomic E-state index is 0.409. The molecule has 0 amide bonds. The van der Waals surface area contributed by atoms with Crippen molar-refractivity contribution in [1.29, 1.82) is 0 Å². The van der Waals surface area contributed by atoms with Crippen LogP contribution in [0.5, 0.6) is 0 Å². The summed E-state index contributed by atoms with van der Waals surface area (Å²) in [5.74, 6) is 0.0484. The van der Waals surface area contributed by atoms with Crippen molar-refractivity contribution < 1.29 is 9.90 Å². The van der Waals surface area contributed by atoms with E-state index in [1.807, 2.05) is 0 Å². The number of nitrogens with two attached hydrogens (primary N) is 1. The van der Waals surface area contributed by atoms with Crippen molar-refractivity contribution in [2.45, 2.75) is 75.4 Å². The molecule has 0 aromatic rings. The van der Waals surface area contributed by atoms with E-state index in [0.717, 1.165) is 18.9 Å². The van der Waals surface area contributed by atoms with E-state index in [2.05, 4.69) is 4.90 Å². The number of piperidine rings is 1. The zero-order valence-electron chi connectivity index (χ0n) is 11.7. The molecule has 1 aliphatic heterocycles. The molecule has 108 valence electrons. The normalized spacial score (nSPS) is 43.9. The topological polar surface area (TPSA) is 66.6 Å². The lowest BCUT2D eigenvalue weighted by molar-refractivity contribution is -0.143. The van der Waals surface area contributed by atoms with Gasteiger partial charge in [-0.2, -0.15) is 0 Å². The molecule has 19 heavy (non-hydrogen) atoms. The first-order valence-corrected chi connectivity index (χ1v) is 7.88. The summed E-state index contributed by atoms with van der Waals surface area (Å²) in [5, 5.41) is 9.28. The molecule has 2 aliphatic carbocycles. The van der Waals surface area contributed by atoms with Crippen LogP contribution in [0.15, 0.2) is 0 Å². The second-order valence-electron chi connectivity index (χ2n) is 6.85. The average Bonchev–Trinajstić information content (AvgIpc) is 2.82. The molecule has 0 aromatic heterocycles. The van der Waals surface area contributed by atoms with Crippen molar-refractivity contribution in [2.24, 2.45) is 11.7 Å². The third kappa shape index (κ3) is 2.40. The summed E-state index contributed by atoms with van der Waals surface area (Å²) < 4.78 is 0. The molecule has 3 N–H and O–H groups in total. The molecule has 1 heterocycles. The van der Waals surface area contributed by atoms with Crippen molar-refractivity contribution in [3.05, 3.63) is 0 Å². The van der Waals surface area contributed by atoms with Gasteiger partial charge in [0.1, 0.15) is 5.54 Å². The van der Waals surface area contributed by atoms with Crippen LogP contribution in [0.25, 0.3) is 0 Å². The summed E-state index contributed by atoms with van der Waals surface area (Å²) >= 11 is 0. The summed E-state index contributed by atoms with van der Waals surface area (Å²) in [6.45, 7) is 1.15. The fourth-order valence-corrected chi connectivity index (χ4v) is 4.64. The first-order chi connectivity index (χ1) is 9.10. The highest BCUT2D eigenvalue weighted by molar-refractivity contribution is 5.79. The van der Waals surface area contributed by atoms with E-state index in [0.29, 0.717) is 24.9 Å². The molecule has 4 unspecified atom stereocenters. The van der Waals surface area contributed by atoms with E-state index in [1.165, 1.54) is 38.5 Å². The fourth-order valence-electron chi connectivity index (χ4n) is 4.64. The SMILES string of the molecule is NC1(C(=O)O)CCC(N2CCCC3CCCCC32)C1. The average molecular weight is 266 g/mol. The Labute approximate surface area is 115 Å². The van der Waals surface area contributed by atoms with Crippen LogP contribution in [0.2, 0.25) is 0 Å². The van der Waals surface area contributed by atoms with Crippen LogP contribution >= 0.6 is 0 Å². The maximum atomic E-state index is 11.3. The van der Waals surface area contributed by atoms with Gasteiger partial charge in [-0.15, -0.1) is 0 Å². The minimum Gasteiger partial charge on any atom is -0.480 e. The zero-order valence-corrected chi connectivity index (χ0v) is 11.7. The van der Waals surface area contributed by atoms with Crippen molar-refractivity contribution in [1.82, 2.24) is 4.90 Å². The standard InChI is InChI=1S/C15H26N2O2/c16-15(14(18)19)8-7-12(10-15)17-9-3-5-11-4-1-2-6-13(11)17/h11-13H,1-10,16H2,(H,18,19). The second kappa shape index (κ2) is 5.06. The number of rotatable bonds is 2. The first-order valence-electron chi connectivity index (χ1n) is 7.88. The van der Waals surface area contributed by atoms with Crippen molar-refractivity contribution in [3.63, 3.8) is 0 Å². The lowest BCUT2D eigenvalue weighted by atomic mass is 9.77. The number of nitrogens with zero attached hydrogens (tertiary/aromatic N) is 1. The summed E-state index contributed by atoms with van der Waals surface area (Å²) in [5.41, 5.74) is 5.07. The number of fused-ring (bicyclic) bond motifs is 1. The number of hydrogen-bond acceptors (Lipinski definition) is 3. The van der Waals surface area contributed by atoms with Crippen LogP contribution in [-0.2, 0) is 4.79 Å². The van der Waals surface area contributed by atoms with Gasteiger partial charge >= 0.3 is 5.97 Å². The Balaban J connectivity index is 1.70. The van der Waals surface area contributed by atoms with Crippen molar-refractivity contribution in [2.75, 3.05) is 6.54 Å². The van der Waals surface area contributed by atoms with Crippen molar-refractivity contribution >= 4 is 5.97 Å². The quantitative estimate of drug-likeness (QED) is 0.802. The number of hydrogen-bond donors (Lipinski definition) is 2. The van der Waals surface area contributed by atoms with E-state index < -0.39 is 11.5 Å². The smallest absolute Gasteiger partial charge is 0.323 e. The van der Waals surface area contributed by atoms with Crippen molar-refractivity contribution in [3.8, 4) is 0 Å². The molecule has 0 aromatic carbocycles. The zero-order chi connectivity index (χ0) is 13.5. The molecule has 3 rings (SSSR count). The van der Waals surface area contributed by atoms with Crippen LogP contribution in [0.1, 0.15) is 57.8 Å². The molecule has 3 fully saturated rings. The lowest BCUT2D eigenvalue weighted by Gasteiger charge is -2.47. The summed E-state index contributed by atoms with van der Waals surface area (Å²) in [4.78, 5) is 13.9. The van der Waals surface area contributed by atoms with Gasteiger partial charge in [0.25, 0.3) is 0 Å². The molecule has 1 saturated heterocycles. The second-order valence-corrected chi connectivity index (χ2v) is 6.85. The van der Waals surface area contributed by atoms with Gasteiger partial charge in [-0.05, 0) is 57.4 Å². The minimum atomic E-state index is -0.966. The van der Waals surface area contributed by atoms with Gasteiger partial charge in [0.2, 0.25) is 0 Å². The predicted octanol–water partition coefficient (Wildman–Crippen LogP) is 1.98. The molecule has 3 aliphatic rings. The molecular weight excluding hydrogens is 240 g/mol. The Morgan fingerprint density at radius 1 is 1.16 bits per heavy atom. The van der Waals surface area contributed by atoms with Gasteiger partial charge in [0, 0.05) is 12.1 Å². The number of carbonyl (C=O) groups is 1. The molecule has 0 spiro atoms. The Kier molecular flexibility index (Phi) is 3.56. The number of carboxylic acids is 1. The van der Waals surface area contributed by atoms with Gasteiger partial charge in [0.15, 0.2) is 0 Å². The summed E-state index contributed by atoms with van der Waals surface area (Å²) in [7, 11) is 0. The number of aliphatic carboxylic acids is 1. The van der Waals surface area contributed by atoms with E-state index in [1.54, 1.807) is 0 Å². The Bertz CT molecular complexity index is 358. The highest BCUT2D eigenvalue weighted by Crippen LogP contribution is 2.40. The molecule has 4 nitrogen and oxygen atoms in total. The molecule has 0 radical (unpaired) electrons. The van der Waals surface area contributed by atoms with Crippen LogP contribution in [0, 0.1) is 5.92 Å². The van der Waals surface area contributed by atoms with Crippen LogP contribution in [0.3, 0.4) is 0 Å². The summed E-state index contributed by atoms with van der Waals surface area (Å²) in [6.07, 6.45) is 10.3. The Morgan fingerprint density at radius 3 is 2.63 bits per heavy atom. The largest absolute Gasteiger partial charge is 0.480 e. The lowest BCUT2D eigenvalue weighted by Crippen LogP contribution is -2.53. The molecule has 4 atom stereocenters. The van der Waals surface area contributed by atoms with E-state index >= 15 is 0 Å². The maximum absolute atomic E-state index is 11.3. The Morgan fingerprint density at radius 2 is 1.89 bits per heavy atom. The van der Waals surface area contributed by atoms with Gasteiger partial charge in [-0.3, -0.25) is 9.69 Å². The van der Waals surface area contributed by atoms with E-state index in [9.17, 15) is 9.90 Å². The molecule has 0 bridgehead atoms. The van der Waals surface area contributed by atoms with E-state index in [4.69, 9.17) is 5.73 Å². The van der Waals surface area contributed by atoms with E-state index in [-0.39, 0.29) is 0 Å². The predicted molar refractivity (Wildman–Crippen MR) is 73.9 cm³/mol. The molecule has 2 saturated carbocycles. The van der Waals surface area contributed by atoms with Gasteiger partial charge < -0.3 is 10.8 Å². The summed E-state index contributed by atoms with van der Waals surface area (Å²) in [6, 6.07) is 1.12. The molecular formula is C15H26N2O2.